The highest BCUT2D eigenvalue weighted by Crippen LogP contribution is 2.19. The first-order valence-electron chi connectivity index (χ1n) is 4.66. The van der Waals surface area contributed by atoms with E-state index in [9.17, 15) is 9.59 Å². The van der Waals surface area contributed by atoms with Crippen molar-refractivity contribution in [3.8, 4) is 0 Å². The summed E-state index contributed by atoms with van der Waals surface area (Å²) in [6.07, 6.45) is 0. The fourth-order valence-electron chi connectivity index (χ4n) is 1.14. The lowest BCUT2D eigenvalue weighted by Gasteiger charge is -2.07. The lowest BCUT2D eigenvalue weighted by molar-refractivity contribution is -0.139. The number of amides is 1. The zero-order valence-electron chi connectivity index (χ0n) is 9.04. The Kier molecular flexibility index (Phi) is 4.31. The largest absolute Gasteiger partial charge is 0.468 e. The third kappa shape index (κ3) is 2.97. The van der Waals surface area contributed by atoms with Crippen LogP contribution in [0.4, 0.5) is 0 Å². The number of ether oxygens (including phenoxy) is 1. The summed E-state index contributed by atoms with van der Waals surface area (Å²) >= 11 is 5.96. The number of nitrogens with one attached hydrogen (secondary N) is 1. The summed E-state index contributed by atoms with van der Waals surface area (Å²) in [4.78, 5) is 22.5. The Morgan fingerprint density at radius 2 is 2.12 bits per heavy atom. The van der Waals surface area contributed by atoms with Crippen LogP contribution in [0.15, 0.2) is 18.2 Å². The molecule has 1 rings (SSSR count). The Labute approximate surface area is 98.5 Å². The van der Waals surface area contributed by atoms with Crippen molar-refractivity contribution in [1.82, 2.24) is 5.32 Å². The quantitative estimate of drug-likeness (QED) is 0.817. The van der Waals surface area contributed by atoms with E-state index in [0.29, 0.717) is 10.6 Å². The molecule has 1 aromatic rings. The summed E-state index contributed by atoms with van der Waals surface area (Å²) in [7, 11) is 1.26. The van der Waals surface area contributed by atoms with E-state index in [-0.39, 0.29) is 12.5 Å². The van der Waals surface area contributed by atoms with Gasteiger partial charge in [0.1, 0.15) is 6.54 Å². The maximum absolute atomic E-state index is 11.6. The SMILES string of the molecule is COC(=O)CNC(=O)c1cccc(C)c1Cl. The van der Waals surface area contributed by atoms with E-state index in [0.717, 1.165) is 5.56 Å². The number of aryl methyl sites for hydroxylation is 1. The molecular weight excluding hydrogens is 230 g/mol. The summed E-state index contributed by atoms with van der Waals surface area (Å²) < 4.78 is 4.40. The second-order valence-corrected chi connectivity index (χ2v) is 3.57. The second kappa shape index (κ2) is 5.51. The number of rotatable bonds is 3. The van der Waals surface area contributed by atoms with Crippen molar-refractivity contribution in [2.75, 3.05) is 13.7 Å². The summed E-state index contributed by atoms with van der Waals surface area (Å²) in [6, 6.07) is 5.13. The van der Waals surface area contributed by atoms with Gasteiger partial charge in [-0.1, -0.05) is 23.7 Å². The molecule has 0 unspecified atom stereocenters. The third-order valence-electron chi connectivity index (χ3n) is 2.06. The first kappa shape index (κ1) is 12.5. The summed E-state index contributed by atoms with van der Waals surface area (Å²) in [5.74, 6) is -0.892. The molecule has 0 bridgehead atoms. The molecule has 0 radical (unpaired) electrons. The van der Waals surface area contributed by atoms with Crippen molar-refractivity contribution in [2.24, 2.45) is 0 Å². The van der Waals surface area contributed by atoms with E-state index in [2.05, 4.69) is 10.1 Å². The zero-order chi connectivity index (χ0) is 12.1. The average molecular weight is 242 g/mol. The predicted molar refractivity (Wildman–Crippen MR) is 60.5 cm³/mol. The molecule has 86 valence electrons. The average Bonchev–Trinajstić information content (AvgIpc) is 2.29. The lowest BCUT2D eigenvalue weighted by atomic mass is 10.1. The monoisotopic (exact) mass is 241 g/mol. The minimum Gasteiger partial charge on any atom is -0.468 e. The Balaban J connectivity index is 2.74. The lowest BCUT2D eigenvalue weighted by Crippen LogP contribution is -2.30. The van der Waals surface area contributed by atoms with Gasteiger partial charge in [-0.25, -0.2) is 0 Å². The number of halogens is 1. The van der Waals surface area contributed by atoms with E-state index < -0.39 is 5.97 Å². The van der Waals surface area contributed by atoms with E-state index in [1.54, 1.807) is 25.1 Å². The molecule has 0 fully saturated rings. The van der Waals surface area contributed by atoms with Gasteiger partial charge in [0.2, 0.25) is 0 Å². The fourth-order valence-corrected chi connectivity index (χ4v) is 1.35. The van der Waals surface area contributed by atoms with Crippen molar-refractivity contribution in [1.29, 1.82) is 0 Å². The van der Waals surface area contributed by atoms with Gasteiger partial charge in [0, 0.05) is 0 Å². The van der Waals surface area contributed by atoms with Crippen LogP contribution in [0.1, 0.15) is 15.9 Å². The molecular formula is C11H12ClNO3. The van der Waals surface area contributed by atoms with Crippen molar-refractivity contribution in [2.45, 2.75) is 6.92 Å². The molecule has 0 aliphatic heterocycles. The molecule has 1 N–H and O–H groups in total. The Hall–Kier alpha value is -1.55. The molecule has 0 atom stereocenters. The molecule has 0 aliphatic carbocycles. The Morgan fingerprint density at radius 3 is 2.75 bits per heavy atom. The highest BCUT2D eigenvalue weighted by atomic mass is 35.5. The van der Waals surface area contributed by atoms with Crippen LogP contribution in [0.2, 0.25) is 5.02 Å². The van der Waals surface area contributed by atoms with Gasteiger partial charge in [-0.3, -0.25) is 9.59 Å². The van der Waals surface area contributed by atoms with Gasteiger partial charge < -0.3 is 10.1 Å². The molecule has 4 nitrogen and oxygen atoms in total. The van der Waals surface area contributed by atoms with E-state index in [1.807, 2.05) is 0 Å². The van der Waals surface area contributed by atoms with E-state index in [1.165, 1.54) is 7.11 Å². The molecule has 0 saturated carbocycles. The zero-order valence-corrected chi connectivity index (χ0v) is 9.80. The van der Waals surface area contributed by atoms with Gasteiger partial charge >= 0.3 is 5.97 Å². The third-order valence-corrected chi connectivity index (χ3v) is 2.56. The minimum absolute atomic E-state index is 0.167. The summed E-state index contributed by atoms with van der Waals surface area (Å²) in [6.45, 7) is 1.64. The summed E-state index contributed by atoms with van der Waals surface area (Å²) in [5.41, 5.74) is 1.16. The van der Waals surface area contributed by atoms with Gasteiger partial charge in [0.15, 0.2) is 0 Å². The van der Waals surface area contributed by atoms with Crippen LogP contribution >= 0.6 is 11.6 Å². The number of carbonyl (C=O) groups excluding carboxylic acids is 2. The van der Waals surface area contributed by atoms with E-state index in [4.69, 9.17) is 11.6 Å². The van der Waals surface area contributed by atoms with Crippen LogP contribution in [0.5, 0.6) is 0 Å². The predicted octanol–water partition coefficient (Wildman–Crippen LogP) is 1.55. The second-order valence-electron chi connectivity index (χ2n) is 3.20. The van der Waals surface area contributed by atoms with Gasteiger partial charge in [-0.05, 0) is 18.6 Å². The van der Waals surface area contributed by atoms with Gasteiger partial charge in [0.05, 0.1) is 17.7 Å². The maximum atomic E-state index is 11.6. The topological polar surface area (TPSA) is 55.4 Å². The van der Waals surface area contributed by atoms with Crippen LogP contribution in [-0.2, 0) is 9.53 Å². The van der Waals surface area contributed by atoms with Crippen LogP contribution in [-0.4, -0.2) is 25.5 Å². The molecule has 0 spiro atoms. The van der Waals surface area contributed by atoms with Crippen molar-refractivity contribution >= 4 is 23.5 Å². The standard InChI is InChI=1S/C11H12ClNO3/c1-7-4-3-5-8(10(7)12)11(15)13-6-9(14)16-2/h3-5H,6H2,1-2H3,(H,13,15). The molecule has 1 aromatic carbocycles. The highest BCUT2D eigenvalue weighted by Gasteiger charge is 2.12. The fraction of sp³-hybridized carbons (Fsp3) is 0.273. The summed E-state index contributed by atoms with van der Waals surface area (Å²) in [5, 5.41) is 2.81. The van der Waals surface area contributed by atoms with Crippen molar-refractivity contribution < 1.29 is 14.3 Å². The maximum Gasteiger partial charge on any atom is 0.325 e. The Bertz CT molecular complexity index is 418. The van der Waals surface area contributed by atoms with E-state index >= 15 is 0 Å². The van der Waals surface area contributed by atoms with Gasteiger partial charge in [-0.15, -0.1) is 0 Å². The van der Waals surface area contributed by atoms with Crippen LogP contribution in [0.25, 0.3) is 0 Å². The first-order chi connectivity index (χ1) is 7.56. The molecule has 0 aromatic heterocycles. The number of hydrogen-bond acceptors (Lipinski definition) is 3. The smallest absolute Gasteiger partial charge is 0.325 e. The molecule has 0 aliphatic rings. The number of benzene rings is 1. The Morgan fingerprint density at radius 1 is 1.44 bits per heavy atom. The number of carbonyl (C=O) groups is 2. The molecule has 1 amide bonds. The highest BCUT2D eigenvalue weighted by molar-refractivity contribution is 6.34. The number of esters is 1. The molecule has 5 heteroatoms. The molecule has 0 heterocycles. The minimum atomic E-state index is -0.503. The van der Waals surface area contributed by atoms with Gasteiger partial charge in [-0.2, -0.15) is 0 Å². The van der Waals surface area contributed by atoms with Crippen LogP contribution in [0.3, 0.4) is 0 Å². The molecule has 16 heavy (non-hydrogen) atoms. The number of hydrogen-bond donors (Lipinski definition) is 1. The normalized spacial score (nSPS) is 9.69. The number of methoxy groups -OCH3 is 1. The van der Waals surface area contributed by atoms with Crippen molar-refractivity contribution in [3.05, 3.63) is 34.3 Å². The van der Waals surface area contributed by atoms with Crippen molar-refractivity contribution in [3.63, 3.8) is 0 Å². The van der Waals surface area contributed by atoms with Crippen LogP contribution in [0, 0.1) is 6.92 Å². The van der Waals surface area contributed by atoms with Gasteiger partial charge in [0.25, 0.3) is 5.91 Å². The van der Waals surface area contributed by atoms with Crippen LogP contribution < -0.4 is 5.32 Å². The first-order valence-corrected chi connectivity index (χ1v) is 5.04. The molecule has 0 saturated heterocycles.